The summed E-state index contributed by atoms with van der Waals surface area (Å²) in [5, 5.41) is 11.3. The summed E-state index contributed by atoms with van der Waals surface area (Å²) in [6.45, 7) is 0.807. The number of nitrogens with two attached hydrogens (primary N) is 1. The molecule has 0 amide bonds. The molecule has 0 spiro atoms. The lowest BCUT2D eigenvalue weighted by atomic mass is 10.2. The van der Waals surface area contributed by atoms with Crippen molar-refractivity contribution in [2.45, 2.75) is 13.1 Å². The lowest BCUT2D eigenvalue weighted by Gasteiger charge is -2.08. The lowest BCUT2D eigenvalue weighted by Crippen LogP contribution is -2.08. The first kappa shape index (κ1) is 12.6. The minimum absolute atomic E-state index is 0.0270. The van der Waals surface area contributed by atoms with Crippen LogP contribution in [0, 0.1) is 10.1 Å². The van der Waals surface area contributed by atoms with Crippen molar-refractivity contribution in [3.8, 4) is 0 Å². The molecule has 2 aromatic rings. The number of nitro benzene ring substituents is 1. The fourth-order valence-electron chi connectivity index (χ4n) is 1.81. The molecule has 1 heterocycles. The van der Waals surface area contributed by atoms with Gasteiger partial charge in [0, 0.05) is 35.1 Å². The summed E-state index contributed by atoms with van der Waals surface area (Å²) in [5.41, 5.74) is 7.16. The Morgan fingerprint density at radius 1 is 1.39 bits per heavy atom. The van der Waals surface area contributed by atoms with E-state index in [0.717, 1.165) is 5.69 Å². The van der Waals surface area contributed by atoms with Crippen LogP contribution < -0.4 is 5.73 Å². The number of aromatic nitrogens is 1. The maximum Gasteiger partial charge on any atom is 0.275 e. The third-order valence-electron chi connectivity index (χ3n) is 2.72. The lowest BCUT2D eigenvalue weighted by molar-refractivity contribution is -0.385. The van der Waals surface area contributed by atoms with Crippen LogP contribution in [-0.2, 0) is 13.1 Å². The Hall–Kier alpha value is -1.85. The highest BCUT2D eigenvalue weighted by Gasteiger charge is 2.15. The Balaban J connectivity index is 2.37. The van der Waals surface area contributed by atoms with Gasteiger partial charge in [0.05, 0.1) is 11.5 Å². The van der Waals surface area contributed by atoms with Crippen molar-refractivity contribution < 1.29 is 4.92 Å². The molecule has 2 rings (SSSR count). The van der Waals surface area contributed by atoms with Crippen molar-refractivity contribution in [2.75, 3.05) is 0 Å². The third kappa shape index (κ3) is 2.52. The largest absolute Gasteiger partial charge is 0.346 e. The van der Waals surface area contributed by atoms with E-state index < -0.39 is 4.92 Å². The fourth-order valence-corrected chi connectivity index (χ4v) is 1.98. The highest BCUT2D eigenvalue weighted by Crippen LogP contribution is 2.24. The summed E-state index contributed by atoms with van der Waals surface area (Å²) in [4.78, 5) is 10.5. The second-order valence-electron chi connectivity index (χ2n) is 3.86. The first-order valence-corrected chi connectivity index (χ1v) is 5.76. The van der Waals surface area contributed by atoms with E-state index >= 15 is 0 Å². The van der Waals surface area contributed by atoms with Crippen LogP contribution in [0.25, 0.3) is 0 Å². The molecule has 6 heteroatoms. The van der Waals surface area contributed by atoms with Crippen molar-refractivity contribution in [1.82, 2.24) is 4.57 Å². The fraction of sp³-hybridized carbons (Fsp3) is 0.167. The first-order chi connectivity index (χ1) is 8.61. The number of halogens is 1. The standard InChI is InChI=1S/C12H12ClN3O2/c13-10-4-3-9(12(6-10)16(17)18)8-15-5-1-2-11(15)7-14/h1-6H,7-8,14H2. The van der Waals surface area contributed by atoms with E-state index in [9.17, 15) is 10.1 Å². The summed E-state index contributed by atoms with van der Waals surface area (Å²) in [7, 11) is 0. The van der Waals surface area contributed by atoms with Gasteiger partial charge in [0.25, 0.3) is 5.69 Å². The number of rotatable bonds is 4. The third-order valence-corrected chi connectivity index (χ3v) is 2.95. The molecular weight excluding hydrogens is 254 g/mol. The van der Waals surface area contributed by atoms with Gasteiger partial charge in [-0.3, -0.25) is 10.1 Å². The van der Waals surface area contributed by atoms with Crippen LogP contribution in [0.3, 0.4) is 0 Å². The van der Waals surface area contributed by atoms with Crippen LogP contribution in [0.15, 0.2) is 36.5 Å². The predicted octanol–water partition coefficient (Wildman–Crippen LogP) is 2.56. The molecule has 0 aliphatic heterocycles. The number of hydrogen-bond acceptors (Lipinski definition) is 3. The molecular formula is C12H12ClN3O2. The van der Waals surface area contributed by atoms with Crippen LogP contribution in [0.2, 0.25) is 5.02 Å². The molecule has 1 aromatic heterocycles. The van der Waals surface area contributed by atoms with Gasteiger partial charge in [-0.1, -0.05) is 11.6 Å². The minimum atomic E-state index is -0.424. The van der Waals surface area contributed by atoms with Gasteiger partial charge in [0.2, 0.25) is 0 Å². The first-order valence-electron chi connectivity index (χ1n) is 5.38. The monoisotopic (exact) mass is 265 g/mol. The minimum Gasteiger partial charge on any atom is -0.346 e. The summed E-state index contributed by atoms with van der Waals surface area (Å²) < 4.78 is 1.89. The molecule has 18 heavy (non-hydrogen) atoms. The highest BCUT2D eigenvalue weighted by molar-refractivity contribution is 6.30. The Morgan fingerprint density at radius 3 is 2.83 bits per heavy atom. The molecule has 0 fully saturated rings. The normalized spacial score (nSPS) is 10.6. The maximum absolute atomic E-state index is 11.0. The van der Waals surface area contributed by atoms with Crippen LogP contribution in [0.5, 0.6) is 0 Å². The molecule has 94 valence electrons. The van der Waals surface area contributed by atoms with Gasteiger partial charge < -0.3 is 10.3 Å². The molecule has 0 radical (unpaired) electrons. The van der Waals surface area contributed by atoms with Gasteiger partial charge in [-0.2, -0.15) is 0 Å². The zero-order valence-corrected chi connectivity index (χ0v) is 10.3. The zero-order valence-electron chi connectivity index (χ0n) is 9.54. The topological polar surface area (TPSA) is 74.1 Å². The molecule has 0 saturated heterocycles. The van der Waals surface area contributed by atoms with Gasteiger partial charge in [-0.05, 0) is 24.3 Å². The van der Waals surface area contributed by atoms with Crippen molar-refractivity contribution in [3.05, 3.63) is 62.9 Å². The van der Waals surface area contributed by atoms with Crippen LogP contribution in [0.4, 0.5) is 5.69 Å². The van der Waals surface area contributed by atoms with Crippen molar-refractivity contribution in [3.63, 3.8) is 0 Å². The number of benzene rings is 1. The van der Waals surface area contributed by atoms with Crippen molar-refractivity contribution in [2.24, 2.45) is 5.73 Å². The molecule has 0 atom stereocenters. The van der Waals surface area contributed by atoms with Gasteiger partial charge >= 0.3 is 0 Å². The number of hydrogen-bond donors (Lipinski definition) is 1. The van der Waals surface area contributed by atoms with E-state index in [1.165, 1.54) is 6.07 Å². The molecule has 5 nitrogen and oxygen atoms in total. The van der Waals surface area contributed by atoms with Crippen molar-refractivity contribution in [1.29, 1.82) is 0 Å². The summed E-state index contributed by atoms with van der Waals surface area (Å²) >= 11 is 5.77. The van der Waals surface area contributed by atoms with Crippen molar-refractivity contribution >= 4 is 17.3 Å². The predicted molar refractivity (Wildman–Crippen MR) is 69.5 cm³/mol. The Labute approximate surface area is 109 Å². The summed E-state index contributed by atoms with van der Waals surface area (Å²) in [6, 6.07) is 8.43. The second kappa shape index (κ2) is 5.20. The quantitative estimate of drug-likeness (QED) is 0.682. The number of nitrogens with zero attached hydrogens (tertiary/aromatic N) is 2. The van der Waals surface area contributed by atoms with E-state index in [2.05, 4.69) is 0 Å². The van der Waals surface area contributed by atoms with E-state index in [1.807, 2.05) is 22.9 Å². The van der Waals surface area contributed by atoms with Gasteiger partial charge in [0.15, 0.2) is 0 Å². The maximum atomic E-state index is 11.0. The van der Waals surface area contributed by atoms with E-state index in [-0.39, 0.29) is 5.69 Å². The molecule has 0 saturated carbocycles. The Kier molecular flexibility index (Phi) is 3.64. The average Bonchev–Trinajstić information content (AvgIpc) is 2.78. The Bertz CT molecular complexity index is 580. The van der Waals surface area contributed by atoms with Crippen LogP contribution in [0.1, 0.15) is 11.3 Å². The Morgan fingerprint density at radius 2 is 2.17 bits per heavy atom. The van der Waals surface area contributed by atoms with Crippen LogP contribution >= 0.6 is 11.6 Å². The SMILES string of the molecule is NCc1cccn1Cc1ccc(Cl)cc1[N+](=O)[O-]. The van der Waals surface area contributed by atoms with Gasteiger partial charge in [-0.25, -0.2) is 0 Å². The average molecular weight is 266 g/mol. The molecule has 1 aromatic carbocycles. The summed E-state index contributed by atoms with van der Waals surface area (Å²) in [6.07, 6.45) is 1.85. The highest BCUT2D eigenvalue weighted by atomic mass is 35.5. The van der Waals surface area contributed by atoms with E-state index in [1.54, 1.807) is 12.1 Å². The molecule has 0 bridgehead atoms. The molecule has 0 unspecified atom stereocenters. The number of nitro groups is 1. The second-order valence-corrected chi connectivity index (χ2v) is 4.30. The summed E-state index contributed by atoms with van der Waals surface area (Å²) in [5.74, 6) is 0. The smallest absolute Gasteiger partial charge is 0.275 e. The van der Waals surface area contributed by atoms with E-state index in [4.69, 9.17) is 17.3 Å². The zero-order chi connectivity index (χ0) is 13.1. The molecule has 2 N–H and O–H groups in total. The van der Waals surface area contributed by atoms with Gasteiger partial charge in [0.1, 0.15) is 0 Å². The van der Waals surface area contributed by atoms with E-state index in [0.29, 0.717) is 23.7 Å². The van der Waals surface area contributed by atoms with Crippen LogP contribution in [-0.4, -0.2) is 9.49 Å². The molecule has 0 aliphatic rings. The van der Waals surface area contributed by atoms with Gasteiger partial charge in [-0.15, -0.1) is 0 Å². The molecule has 0 aliphatic carbocycles.